The van der Waals surface area contributed by atoms with E-state index in [2.05, 4.69) is 4.90 Å². The second-order valence-electron chi connectivity index (χ2n) is 7.88. The quantitative estimate of drug-likeness (QED) is 0.479. The van der Waals surface area contributed by atoms with Crippen LogP contribution < -0.4 is 4.74 Å². The van der Waals surface area contributed by atoms with Crippen LogP contribution in [0.2, 0.25) is 10.0 Å². The van der Waals surface area contributed by atoms with Gasteiger partial charge in [0.1, 0.15) is 11.5 Å². The Morgan fingerprint density at radius 1 is 1.28 bits per heavy atom. The molecule has 32 heavy (non-hydrogen) atoms. The standard InChI is InChI=1S/C24H23Cl2NO5/c1-2-31-24(30)15-4-3-9-27(12-15)13-17-20(28)8-6-16-22(29)21(32-23(16)17)11-14-5-7-18(25)19(26)10-14/h5-8,10-11,15,28H,2-4,9,12-13H2,1H3/b21-11-. The number of ether oxygens (including phenoxy) is 2. The molecule has 0 saturated carbocycles. The van der Waals surface area contributed by atoms with Crippen LogP contribution in [0.4, 0.5) is 0 Å². The third-order valence-electron chi connectivity index (χ3n) is 5.66. The fourth-order valence-electron chi connectivity index (χ4n) is 4.08. The Hall–Kier alpha value is -2.54. The molecule has 2 aliphatic heterocycles. The lowest BCUT2D eigenvalue weighted by Crippen LogP contribution is -2.39. The van der Waals surface area contributed by atoms with Crippen molar-refractivity contribution in [2.24, 2.45) is 5.92 Å². The van der Waals surface area contributed by atoms with Crippen LogP contribution in [0.25, 0.3) is 6.08 Å². The minimum Gasteiger partial charge on any atom is -0.507 e. The lowest BCUT2D eigenvalue weighted by atomic mass is 9.97. The van der Waals surface area contributed by atoms with Crippen molar-refractivity contribution in [3.63, 3.8) is 0 Å². The molecule has 168 valence electrons. The SMILES string of the molecule is CCOC(=O)C1CCCN(Cc2c(O)ccc3c2O/C(=C\c2ccc(Cl)c(Cl)c2)C3=O)C1. The van der Waals surface area contributed by atoms with Crippen molar-refractivity contribution in [1.82, 2.24) is 4.90 Å². The van der Waals surface area contributed by atoms with Crippen LogP contribution in [0.15, 0.2) is 36.1 Å². The first-order valence-corrected chi connectivity index (χ1v) is 11.3. The fraction of sp³-hybridized carbons (Fsp3) is 0.333. The molecule has 0 bridgehead atoms. The second kappa shape index (κ2) is 9.53. The van der Waals surface area contributed by atoms with Crippen molar-refractivity contribution in [1.29, 1.82) is 0 Å². The molecule has 0 spiro atoms. The molecule has 2 heterocycles. The number of fused-ring (bicyclic) bond motifs is 1. The van der Waals surface area contributed by atoms with E-state index in [4.69, 9.17) is 32.7 Å². The van der Waals surface area contributed by atoms with Gasteiger partial charge < -0.3 is 14.6 Å². The number of carbonyl (C=O) groups is 2. The number of benzene rings is 2. The molecule has 1 saturated heterocycles. The normalized spacial score (nSPS) is 19.7. The molecular weight excluding hydrogens is 453 g/mol. The molecule has 0 aromatic heterocycles. The van der Waals surface area contributed by atoms with Gasteiger partial charge in [-0.1, -0.05) is 29.3 Å². The number of likely N-dealkylation sites (tertiary alicyclic amines) is 1. The molecule has 6 nitrogen and oxygen atoms in total. The predicted octanol–water partition coefficient (Wildman–Crippen LogP) is 5.09. The van der Waals surface area contributed by atoms with E-state index in [-0.39, 0.29) is 29.2 Å². The number of piperidine rings is 1. The smallest absolute Gasteiger partial charge is 0.310 e. The van der Waals surface area contributed by atoms with Crippen molar-refractivity contribution in [3.05, 3.63) is 62.8 Å². The monoisotopic (exact) mass is 475 g/mol. The number of Topliss-reactive ketones (excluding diaryl/α,β-unsaturated/α-hetero) is 1. The average molecular weight is 476 g/mol. The number of carbonyl (C=O) groups excluding carboxylic acids is 2. The molecule has 1 N–H and O–H groups in total. The summed E-state index contributed by atoms with van der Waals surface area (Å²) in [5.41, 5.74) is 1.59. The number of hydrogen-bond donors (Lipinski definition) is 1. The lowest BCUT2D eigenvalue weighted by Gasteiger charge is -2.31. The number of phenols is 1. The first-order valence-electron chi connectivity index (χ1n) is 10.5. The molecule has 8 heteroatoms. The third-order valence-corrected chi connectivity index (χ3v) is 6.40. The molecule has 2 aliphatic rings. The summed E-state index contributed by atoms with van der Waals surface area (Å²) < 4.78 is 11.1. The van der Waals surface area contributed by atoms with Crippen LogP contribution in [0.1, 0.15) is 41.3 Å². The molecule has 1 fully saturated rings. The molecule has 2 aromatic rings. The van der Waals surface area contributed by atoms with Gasteiger partial charge in [-0.15, -0.1) is 0 Å². The van der Waals surface area contributed by atoms with Crippen molar-refractivity contribution in [2.75, 3.05) is 19.7 Å². The van der Waals surface area contributed by atoms with E-state index in [1.54, 1.807) is 37.3 Å². The molecule has 0 aliphatic carbocycles. The van der Waals surface area contributed by atoms with Gasteiger partial charge in [-0.25, -0.2) is 0 Å². The Bertz CT molecular complexity index is 1100. The summed E-state index contributed by atoms with van der Waals surface area (Å²) in [4.78, 5) is 27.2. The van der Waals surface area contributed by atoms with Crippen molar-refractivity contribution >= 4 is 41.0 Å². The number of aromatic hydroxyl groups is 1. The van der Waals surface area contributed by atoms with Gasteiger partial charge in [0.15, 0.2) is 5.76 Å². The zero-order valence-corrected chi connectivity index (χ0v) is 19.1. The van der Waals surface area contributed by atoms with Gasteiger partial charge in [0.25, 0.3) is 0 Å². The zero-order valence-electron chi connectivity index (χ0n) is 17.6. The van der Waals surface area contributed by atoms with Crippen molar-refractivity contribution in [3.8, 4) is 11.5 Å². The van der Waals surface area contributed by atoms with Crippen LogP contribution >= 0.6 is 23.2 Å². The highest BCUT2D eigenvalue weighted by atomic mass is 35.5. The van der Waals surface area contributed by atoms with Gasteiger partial charge in [-0.3, -0.25) is 14.5 Å². The maximum atomic E-state index is 12.9. The van der Waals surface area contributed by atoms with Crippen LogP contribution in [-0.4, -0.2) is 41.5 Å². The summed E-state index contributed by atoms with van der Waals surface area (Å²) in [6.07, 6.45) is 3.23. The van der Waals surface area contributed by atoms with Gasteiger partial charge in [0.05, 0.1) is 33.7 Å². The number of phenolic OH excluding ortho intramolecular Hbond substituents is 1. The summed E-state index contributed by atoms with van der Waals surface area (Å²) in [5.74, 6) is -0.123. The second-order valence-corrected chi connectivity index (χ2v) is 8.69. The summed E-state index contributed by atoms with van der Waals surface area (Å²) in [7, 11) is 0. The van der Waals surface area contributed by atoms with Crippen LogP contribution in [0.5, 0.6) is 11.5 Å². The van der Waals surface area contributed by atoms with Crippen molar-refractivity contribution in [2.45, 2.75) is 26.3 Å². The number of rotatable bonds is 5. The van der Waals surface area contributed by atoms with E-state index >= 15 is 0 Å². The van der Waals surface area contributed by atoms with Crippen molar-refractivity contribution < 1.29 is 24.2 Å². The van der Waals surface area contributed by atoms with Gasteiger partial charge in [0.2, 0.25) is 5.78 Å². The minimum absolute atomic E-state index is 0.0468. The molecular formula is C24H23Cl2NO5. The minimum atomic E-state index is -0.268. The van der Waals surface area contributed by atoms with E-state index < -0.39 is 0 Å². The first kappa shape index (κ1) is 22.6. The maximum absolute atomic E-state index is 12.9. The van der Waals surface area contributed by atoms with E-state index in [1.165, 1.54) is 6.07 Å². The first-order chi connectivity index (χ1) is 15.4. The number of halogens is 2. The Labute approximate surface area is 196 Å². The zero-order chi connectivity index (χ0) is 22.8. The van der Waals surface area contributed by atoms with Crippen LogP contribution in [0.3, 0.4) is 0 Å². The number of nitrogens with zero attached hydrogens (tertiary/aromatic N) is 1. The highest BCUT2D eigenvalue weighted by Crippen LogP contribution is 2.40. The van der Waals surface area contributed by atoms with Gasteiger partial charge >= 0.3 is 5.97 Å². The lowest BCUT2D eigenvalue weighted by molar-refractivity contribution is -0.150. The molecule has 1 unspecified atom stereocenters. The summed E-state index contributed by atoms with van der Waals surface area (Å²) >= 11 is 12.0. The maximum Gasteiger partial charge on any atom is 0.310 e. The summed E-state index contributed by atoms with van der Waals surface area (Å²) in [5, 5.41) is 11.3. The number of allylic oxidation sites excluding steroid dienone is 1. The molecule has 2 aromatic carbocycles. The molecule has 1 atom stereocenters. The summed E-state index contributed by atoms with van der Waals surface area (Å²) in [6.45, 7) is 3.81. The third kappa shape index (κ3) is 4.63. The van der Waals surface area contributed by atoms with Crippen LogP contribution in [0, 0.1) is 5.92 Å². The average Bonchev–Trinajstić information content (AvgIpc) is 3.09. The van der Waals surface area contributed by atoms with E-state index in [0.29, 0.717) is 52.2 Å². The molecule has 0 amide bonds. The van der Waals surface area contributed by atoms with E-state index in [9.17, 15) is 14.7 Å². The number of hydrogen-bond acceptors (Lipinski definition) is 6. The number of esters is 1. The fourth-order valence-corrected chi connectivity index (χ4v) is 4.38. The summed E-state index contributed by atoms with van der Waals surface area (Å²) in [6, 6.07) is 8.10. The molecule has 0 radical (unpaired) electrons. The van der Waals surface area contributed by atoms with Gasteiger partial charge in [-0.2, -0.15) is 0 Å². The topological polar surface area (TPSA) is 76.1 Å². The highest BCUT2D eigenvalue weighted by molar-refractivity contribution is 6.42. The van der Waals surface area contributed by atoms with Crippen LogP contribution in [-0.2, 0) is 16.1 Å². The Kier molecular flexibility index (Phi) is 6.74. The molecule has 4 rings (SSSR count). The Morgan fingerprint density at radius 2 is 2.09 bits per heavy atom. The Morgan fingerprint density at radius 3 is 2.84 bits per heavy atom. The highest BCUT2D eigenvalue weighted by Gasteiger charge is 2.33. The van der Waals surface area contributed by atoms with Gasteiger partial charge in [0, 0.05) is 13.1 Å². The van der Waals surface area contributed by atoms with E-state index in [1.807, 2.05) is 0 Å². The van der Waals surface area contributed by atoms with E-state index in [0.717, 1.165) is 19.4 Å². The largest absolute Gasteiger partial charge is 0.507 e. The number of ketones is 1. The Balaban J connectivity index is 1.57. The van der Waals surface area contributed by atoms with Gasteiger partial charge in [-0.05, 0) is 62.2 Å². The predicted molar refractivity (Wildman–Crippen MR) is 122 cm³/mol.